The molecule has 0 aliphatic heterocycles. The van der Waals surface area contributed by atoms with Gasteiger partial charge in [0.05, 0.1) is 6.10 Å². The third kappa shape index (κ3) is 4.40. The first-order valence-corrected chi connectivity index (χ1v) is 5.80. The molecule has 1 aliphatic rings. The van der Waals surface area contributed by atoms with Crippen molar-refractivity contribution in [1.82, 2.24) is 5.32 Å². The Hall–Kier alpha value is -0.120. The molecular formula is C11H24N2O. The SMILES string of the molecule is CC(C)OCCCNC1CCCC1N. The Balaban J connectivity index is 1.93. The average molecular weight is 200 g/mol. The summed E-state index contributed by atoms with van der Waals surface area (Å²) in [6, 6.07) is 0.926. The minimum Gasteiger partial charge on any atom is -0.379 e. The van der Waals surface area contributed by atoms with Crippen LogP contribution in [-0.2, 0) is 4.74 Å². The van der Waals surface area contributed by atoms with Crippen molar-refractivity contribution < 1.29 is 4.74 Å². The summed E-state index contributed by atoms with van der Waals surface area (Å²) >= 11 is 0. The molecule has 3 N–H and O–H groups in total. The second kappa shape index (κ2) is 6.38. The van der Waals surface area contributed by atoms with Crippen molar-refractivity contribution in [1.29, 1.82) is 0 Å². The van der Waals surface area contributed by atoms with E-state index in [9.17, 15) is 0 Å². The molecule has 1 aliphatic carbocycles. The van der Waals surface area contributed by atoms with Gasteiger partial charge in [-0.25, -0.2) is 0 Å². The fraction of sp³-hybridized carbons (Fsp3) is 1.00. The van der Waals surface area contributed by atoms with E-state index in [2.05, 4.69) is 19.2 Å². The molecule has 3 heteroatoms. The van der Waals surface area contributed by atoms with Crippen LogP contribution in [0, 0.1) is 0 Å². The molecule has 2 unspecified atom stereocenters. The van der Waals surface area contributed by atoms with E-state index in [1.807, 2.05) is 0 Å². The van der Waals surface area contributed by atoms with E-state index < -0.39 is 0 Å². The third-order valence-corrected chi connectivity index (χ3v) is 2.75. The maximum absolute atomic E-state index is 5.95. The standard InChI is InChI=1S/C11H24N2O/c1-9(2)14-8-4-7-13-11-6-3-5-10(11)12/h9-11,13H,3-8,12H2,1-2H3. The smallest absolute Gasteiger partial charge is 0.0518 e. The predicted molar refractivity (Wildman–Crippen MR) is 59.3 cm³/mol. The Bertz CT molecular complexity index is 150. The number of nitrogens with two attached hydrogens (primary N) is 1. The summed E-state index contributed by atoms with van der Waals surface area (Å²) in [6.45, 7) is 6.03. The number of ether oxygens (including phenoxy) is 1. The van der Waals surface area contributed by atoms with Crippen molar-refractivity contribution in [3.8, 4) is 0 Å². The monoisotopic (exact) mass is 200 g/mol. The van der Waals surface area contributed by atoms with Crippen LogP contribution in [0.3, 0.4) is 0 Å². The normalized spacial score (nSPS) is 27.4. The number of nitrogens with one attached hydrogen (secondary N) is 1. The van der Waals surface area contributed by atoms with Crippen LogP contribution in [0.2, 0.25) is 0 Å². The molecule has 0 radical (unpaired) electrons. The first-order chi connectivity index (χ1) is 6.70. The van der Waals surface area contributed by atoms with Gasteiger partial charge < -0.3 is 15.8 Å². The highest BCUT2D eigenvalue weighted by molar-refractivity contribution is 4.85. The summed E-state index contributed by atoms with van der Waals surface area (Å²) in [6.07, 6.45) is 5.14. The quantitative estimate of drug-likeness (QED) is 0.635. The molecule has 84 valence electrons. The van der Waals surface area contributed by atoms with Gasteiger partial charge in [0.25, 0.3) is 0 Å². The molecule has 0 amide bonds. The van der Waals surface area contributed by atoms with Gasteiger partial charge in [0.15, 0.2) is 0 Å². The first kappa shape index (κ1) is 12.0. The van der Waals surface area contributed by atoms with Crippen molar-refractivity contribution in [2.45, 2.75) is 57.7 Å². The molecule has 0 heterocycles. The molecule has 3 nitrogen and oxygen atoms in total. The Kier molecular flexibility index (Phi) is 5.45. The van der Waals surface area contributed by atoms with E-state index in [0.29, 0.717) is 18.2 Å². The highest BCUT2D eigenvalue weighted by Crippen LogP contribution is 2.16. The fourth-order valence-corrected chi connectivity index (χ4v) is 1.92. The van der Waals surface area contributed by atoms with Gasteiger partial charge in [0, 0.05) is 18.7 Å². The number of hydrogen-bond donors (Lipinski definition) is 2. The Morgan fingerprint density at radius 3 is 2.79 bits per heavy atom. The largest absolute Gasteiger partial charge is 0.379 e. The van der Waals surface area contributed by atoms with E-state index in [1.54, 1.807) is 0 Å². The minimum absolute atomic E-state index is 0.351. The summed E-state index contributed by atoms with van der Waals surface area (Å²) in [4.78, 5) is 0. The summed E-state index contributed by atoms with van der Waals surface area (Å²) in [7, 11) is 0. The summed E-state index contributed by atoms with van der Waals surface area (Å²) < 4.78 is 5.46. The zero-order valence-electron chi connectivity index (χ0n) is 9.46. The average Bonchev–Trinajstić information content (AvgIpc) is 2.51. The molecule has 0 bridgehead atoms. The lowest BCUT2D eigenvalue weighted by Crippen LogP contribution is -2.41. The van der Waals surface area contributed by atoms with Crippen LogP contribution in [0.4, 0.5) is 0 Å². The highest BCUT2D eigenvalue weighted by atomic mass is 16.5. The zero-order chi connectivity index (χ0) is 10.4. The van der Waals surface area contributed by atoms with Gasteiger partial charge in [-0.15, -0.1) is 0 Å². The maximum Gasteiger partial charge on any atom is 0.0518 e. The summed E-state index contributed by atoms with van der Waals surface area (Å²) in [5.74, 6) is 0. The zero-order valence-corrected chi connectivity index (χ0v) is 9.46. The molecule has 1 rings (SSSR count). The third-order valence-electron chi connectivity index (χ3n) is 2.75. The van der Waals surface area contributed by atoms with E-state index >= 15 is 0 Å². The van der Waals surface area contributed by atoms with Crippen LogP contribution in [0.25, 0.3) is 0 Å². The van der Waals surface area contributed by atoms with Crippen LogP contribution in [0.5, 0.6) is 0 Å². The fourth-order valence-electron chi connectivity index (χ4n) is 1.92. The lowest BCUT2D eigenvalue weighted by atomic mass is 10.2. The van der Waals surface area contributed by atoms with Crippen LogP contribution in [-0.4, -0.2) is 31.3 Å². The van der Waals surface area contributed by atoms with Gasteiger partial charge in [-0.1, -0.05) is 6.42 Å². The Morgan fingerprint density at radius 2 is 2.21 bits per heavy atom. The van der Waals surface area contributed by atoms with E-state index in [1.165, 1.54) is 19.3 Å². The van der Waals surface area contributed by atoms with Crippen LogP contribution < -0.4 is 11.1 Å². The van der Waals surface area contributed by atoms with Crippen molar-refractivity contribution >= 4 is 0 Å². The first-order valence-electron chi connectivity index (χ1n) is 5.80. The number of hydrogen-bond acceptors (Lipinski definition) is 3. The second-order valence-corrected chi connectivity index (χ2v) is 4.43. The minimum atomic E-state index is 0.351. The summed E-state index contributed by atoms with van der Waals surface area (Å²) in [5.41, 5.74) is 5.95. The summed E-state index contributed by atoms with van der Waals surface area (Å²) in [5, 5.41) is 3.50. The van der Waals surface area contributed by atoms with Crippen molar-refractivity contribution in [2.24, 2.45) is 5.73 Å². The van der Waals surface area contributed by atoms with Crippen LogP contribution in [0.1, 0.15) is 39.5 Å². The molecular weight excluding hydrogens is 176 g/mol. The molecule has 0 spiro atoms. The number of rotatable bonds is 6. The predicted octanol–water partition coefficient (Wildman–Crippen LogP) is 1.27. The van der Waals surface area contributed by atoms with Gasteiger partial charge in [0.1, 0.15) is 0 Å². The molecule has 1 saturated carbocycles. The second-order valence-electron chi connectivity index (χ2n) is 4.43. The topological polar surface area (TPSA) is 47.3 Å². The van der Waals surface area contributed by atoms with Gasteiger partial charge in [-0.2, -0.15) is 0 Å². The molecule has 14 heavy (non-hydrogen) atoms. The van der Waals surface area contributed by atoms with Gasteiger partial charge in [-0.3, -0.25) is 0 Å². The molecule has 0 aromatic rings. The van der Waals surface area contributed by atoms with E-state index in [4.69, 9.17) is 10.5 Å². The van der Waals surface area contributed by atoms with Gasteiger partial charge in [0.2, 0.25) is 0 Å². The molecule has 0 aromatic carbocycles. The van der Waals surface area contributed by atoms with E-state index in [0.717, 1.165) is 19.6 Å². The molecule has 0 saturated heterocycles. The van der Waals surface area contributed by atoms with Crippen molar-refractivity contribution in [3.05, 3.63) is 0 Å². The van der Waals surface area contributed by atoms with E-state index in [-0.39, 0.29) is 0 Å². The van der Waals surface area contributed by atoms with Crippen molar-refractivity contribution in [2.75, 3.05) is 13.2 Å². The lowest BCUT2D eigenvalue weighted by Gasteiger charge is -2.17. The Morgan fingerprint density at radius 1 is 1.43 bits per heavy atom. The molecule has 2 atom stereocenters. The van der Waals surface area contributed by atoms with Crippen molar-refractivity contribution in [3.63, 3.8) is 0 Å². The highest BCUT2D eigenvalue weighted by Gasteiger charge is 2.22. The van der Waals surface area contributed by atoms with Gasteiger partial charge >= 0.3 is 0 Å². The van der Waals surface area contributed by atoms with Crippen LogP contribution in [0.15, 0.2) is 0 Å². The Labute approximate surface area is 87.4 Å². The lowest BCUT2D eigenvalue weighted by molar-refractivity contribution is 0.0766. The molecule has 1 fully saturated rings. The van der Waals surface area contributed by atoms with Gasteiger partial charge in [-0.05, 0) is 39.7 Å². The maximum atomic E-state index is 5.95. The van der Waals surface area contributed by atoms with Crippen LogP contribution >= 0.6 is 0 Å². The molecule has 0 aromatic heterocycles.